The second-order valence-corrected chi connectivity index (χ2v) is 8.93. The minimum atomic E-state index is -3.40. The smallest absolute Gasteiger partial charge is 0.220 e. The van der Waals surface area contributed by atoms with Crippen LogP contribution >= 0.6 is 0 Å². The number of hydrogen-bond acceptors (Lipinski definition) is 5. The molecule has 2 heterocycles. The summed E-state index contributed by atoms with van der Waals surface area (Å²) in [4.78, 5) is 6.87. The lowest BCUT2D eigenvalue weighted by Crippen LogP contribution is -2.53. The van der Waals surface area contributed by atoms with E-state index in [-0.39, 0.29) is 5.75 Å². The topological polar surface area (TPSA) is 91.0 Å². The van der Waals surface area contributed by atoms with Crippen LogP contribution in [0.2, 0.25) is 0 Å². The minimum Gasteiger partial charge on any atom is -0.364 e. The Balaban J connectivity index is 1.50. The summed E-state index contributed by atoms with van der Waals surface area (Å²) < 4.78 is 31.4. The normalized spacial score (nSPS) is 16.2. The van der Waals surface area contributed by atoms with Gasteiger partial charge in [0.15, 0.2) is 5.96 Å². The van der Waals surface area contributed by atoms with Crippen LogP contribution in [0.3, 0.4) is 0 Å². The van der Waals surface area contributed by atoms with Gasteiger partial charge in [-0.3, -0.25) is 4.99 Å². The average molecular weight is 420 g/mol. The maximum Gasteiger partial charge on any atom is 0.220 e. The van der Waals surface area contributed by atoms with E-state index in [4.69, 9.17) is 9.52 Å². The number of nitrogens with zero attached hydrogens (tertiary/aromatic N) is 4. The van der Waals surface area contributed by atoms with Crippen LogP contribution in [0.25, 0.3) is 0 Å². The summed E-state index contributed by atoms with van der Waals surface area (Å²) in [6, 6.07) is 12.0. The summed E-state index contributed by atoms with van der Waals surface area (Å²) in [5.74, 6) is 0.728. The first-order valence-corrected chi connectivity index (χ1v) is 11.6. The predicted octanol–water partition coefficient (Wildman–Crippen LogP) is 1.72. The number of piperazine rings is 1. The lowest BCUT2D eigenvalue weighted by molar-refractivity contribution is 0.260. The van der Waals surface area contributed by atoms with Crippen molar-refractivity contribution in [3.8, 4) is 0 Å². The first-order valence-electron chi connectivity index (χ1n) is 10.0. The molecule has 3 rings (SSSR count). The molecule has 0 unspecified atom stereocenters. The highest BCUT2D eigenvalue weighted by Gasteiger charge is 2.28. The van der Waals surface area contributed by atoms with Crippen LogP contribution in [-0.2, 0) is 22.2 Å². The maximum atomic E-state index is 12.6. The predicted molar refractivity (Wildman–Crippen MR) is 113 cm³/mol. The second kappa shape index (κ2) is 10.4. The van der Waals surface area contributed by atoms with Gasteiger partial charge < -0.3 is 14.7 Å². The molecule has 9 heteroatoms. The fourth-order valence-corrected chi connectivity index (χ4v) is 4.73. The molecule has 2 aromatic rings. The lowest BCUT2D eigenvalue weighted by atomic mass is 10.1. The number of sulfonamides is 1. The van der Waals surface area contributed by atoms with Crippen LogP contribution in [0.15, 0.2) is 52.2 Å². The van der Waals surface area contributed by atoms with E-state index >= 15 is 0 Å². The molecular formula is C20H29N5O3S. The van der Waals surface area contributed by atoms with Gasteiger partial charge in [0, 0.05) is 45.3 Å². The van der Waals surface area contributed by atoms with E-state index in [2.05, 4.69) is 39.6 Å². The van der Waals surface area contributed by atoms with E-state index in [9.17, 15) is 8.42 Å². The van der Waals surface area contributed by atoms with Crippen molar-refractivity contribution in [2.24, 2.45) is 4.99 Å². The molecular weight excluding hydrogens is 390 g/mol. The van der Waals surface area contributed by atoms with Gasteiger partial charge in [-0.05, 0) is 25.3 Å². The van der Waals surface area contributed by atoms with Crippen molar-refractivity contribution in [2.45, 2.75) is 25.5 Å². The van der Waals surface area contributed by atoms with E-state index in [1.54, 1.807) is 6.07 Å². The SMILES string of the molecule is CCNC(=NCCCc1ccccc1)N1CCN(S(=O)(=O)Cc2ccon2)CC1. The highest BCUT2D eigenvalue weighted by atomic mass is 32.2. The summed E-state index contributed by atoms with van der Waals surface area (Å²) in [7, 11) is -3.40. The average Bonchev–Trinajstić information content (AvgIpc) is 3.23. The van der Waals surface area contributed by atoms with Gasteiger partial charge in [-0.2, -0.15) is 4.31 Å². The number of hydrogen-bond donors (Lipinski definition) is 1. The van der Waals surface area contributed by atoms with Crippen LogP contribution in [0.1, 0.15) is 24.6 Å². The van der Waals surface area contributed by atoms with Crippen molar-refractivity contribution in [1.82, 2.24) is 19.7 Å². The van der Waals surface area contributed by atoms with E-state index in [0.29, 0.717) is 31.9 Å². The molecule has 1 aromatic heterocycles. The summed E-state index contributed by atoms with van der Waals surface area (Å²) in [5.41, 5.74) is 1.75. The molecule has 0 aliphatic carbocycles. The molecule has 8 nitrogen and oxygen atoms in total. The van der Waals surface area contributed by atoms with Gasteiger partial charge in [-0.1, -0.05) is 35.5 Å². The van der Waals surface area contributed by atoms with E-state index in [0.717, 1.165) is 31.9 Å². The van der Waals surface area contributed by atoms with E-state index in [1.165, 1.54) is 16.1 Å². The Morgan fingerprint density at radius 2 is 1.93 bits per heavy atom. The quantitative estimate of drug-likeness (QED) is 0.398. The zero-order chi connectivity index (χ0) is 20.5. The third kappa shape index (κ3) is 6.30. The van der Waals surface area contributed by atoms with Crippen molar-refractivity contribution in [3.63, 3.8) is 0 Å². The molecule has 29 heavy (non-hydrogen) atoms. The highest BCUT2D eigenvalue weighted by Crippen LogP contribution is 2.13. The number of guanidine groups is 1. The molecule has 0 spiro atoms. The largest absolute Gasteiger partial charge is 0.364 e. The number of aryl methyl sites for hydroxylation is 1. The number of rotatable bonds is 8. The summed E-state index contributed by atoms with van der Waals surface area (Å²) >= 11 is 0. The Bertz CT molecular complexity index is 861. The third-order valence-corrected chi connectivity index (χ3v) is 6.63. The number of benzene rings is 1. The Morgan fingerprint density at radius 1 is 1.17 bits per heavy atom. The van der Waals surface area contributed by atoms with Crippen LogP contribution in [0.4, 0.5) is 0 Å². The monoisotopic (exact) mass is 419 g/mol. The van der Waals surface area contributed by atoms with Crippen molar-refractivity contribution < 1.29 is 12.9 Å². The van der Waals surface area contributed by atoms with Crippen LogP contribution in [0, 0.1) is 0 Å². The van der Waals surface area contributed by atoms with Crippen molar-refractivity contribution >= 4 is 16.0 Å². The molecule has 0 amide bonds. The molecule has 1 aromatic carbocycles. The van der Waals surface area contributed by atoms with Gasteiger partial charge in [-0.15, -0.1) is 0 Å². The molecule has 1 saturated heterocycles. The molecule has 1 aliphatic heterocycles. The Kier molecular flexibility index (Phi) is 7.65. The highest BCUT2D eigenvalue weighted by molar-refractivity contribution is 7.88. The van der Waals surface area contributed by atoms with Gasteiger partial charge in [-0.25, -0.2) is 8.42 Å². The van der Waals surface area contributed by atoms with Crippen LogP contribution in [-0.4, -0.2) is 68.0 Å². The molecule has 1 fully saturated rings. The van der Waals surface area contributed by atoms with Crippen molar-refractivity contribution in [2.75, 3.05) is 39.3 Å². The zero-order valence-electron chi connectivity index (χ0n) is 16.8. The summed E-state index contributed by atoms with van der Waals surface area (Å²) in [5, 5.41) is 7.03. The van der Waals surface area contributed by atoms with E-state index in [1.807, 2.05) is 13.0 Å². The van der Waals surface area contributed by atoms with Gasteiger partial charge in [0.2, 0.25) is 10.0 Å². The number of aliphatic imine (C=N–C) groups is 1. The maximum absolute atomic E-state index is 12.6. The fraction of sp³-hybridized carbons (Fsp3) is 0.500. The molecule has 158 valence electrons. The minimum absolute atomic E-state index is 0.128. The zero-order valence-corrected chi connectivity index (χ0v) is 17.6. The summed E-state index contributed by atoms with van der Waals surface area (Å²) in [6.45, 7) is 5.66. The number of aromatic nitrogens is 1. The van der Waals surface area contributed by atoms with Gasteiger partial charge in [0.1, 0.15) is 12.0 Å². The molecule has 0 bridgehead atoms. The third-order valence-electron chi connectivity index (χ3n) is 4.82. The Hall–Kier alpha value is -2.39. The Labute approximate surface area is 172 Å². The van der Waals surface area contributed by atoms with Crippen molar-refractivity contribution in [3.05, 3.63) is 53.9 Å². The van der Waals surface area contributed by atoms with Gasteiger partial charge in [0.25, 0.3) is 0 Å². The molecule has 0 radical (unpaired) electrons. The van der Waals surface area contributed by atoms with Crippen LogP contribution in [0.5, 0.6) is 0 Å². The van der Waals surface area contributed by atoms with Crippen LogP contribution < -0.4 is 5.32 Å². The first kappa shape index (κ1) is 21.3. The standard InChI is InChI=1S/C20H29N5O3S/c1-2-21-20(22-11-6-9-18-7-4-3-5-8-18)24-12-14-25(15-13-24)29(26,27)17-19-10-16-28-23-19/h3-5,7-8,10,16H,2,6,9,11-15,17H2,1H3,(H,21,22). The summed E-state index contributed by atoms with van der Waals surface area (Å²) in [6.07, 6.45) is 3.36. The van der Waals surface area contributed by atoms with Gasteiger partial charge in [0.05, 0.1) is 5.69 Å². The number of nitrogens with one attached hydrogen (secondary N) is 1. The van der Waals surface area contributed by atoms with Gasteiger partial charge >= 0.3 is 0 Å². The van der Waals surface area contributed by atoms with Crippen molar-refractivity contribution in [1.29, 1.82) is 0 Å². The first-order chi connectivity index (χ1) is 14.1. The molecule has 0 atom stereocenters. The lowest BCUT2D eigenvalue weighted by Gasteiger charge is -2.35. The fourth-order valence-electron chi connectivity index (χ4n) is 3.31. The molecule has 1 aliphatic rings. The second-order valence-electron chi connectivity index (χ2n) is 6.96. The van der Waals surface area contributed by atoms with E-state index < -0.39 is 10.0 Å². The molecule has 1 N–H and O–H groups in total. The molecule has 0 saturated carbocycles. The Morgan fingerprint density at radius 3 is 2.59 bits per heavy atom.